The number of benzene rings is 2. The largest absolute Gasteiger partial charge is 0.416 e. The summed E-state index contributed by atoms with van der Waals surface area (Å²) in [5, 5.41) is 1.61. The highest BCUT2D eigenvalue weighted by Crippen LogP contribution is 2.48. The monoisotopic (exact) mass is 388 g/mol. The second-order valence-corrected chi connectivity index (χ2v) is 9.17. The van der Waals surface area contributed by atoms with Gasteiger partial charge in [0.05, 0.1) is 5.56 Å². The van der Waals surface area contributed by atoms with Gasteiger partial charge >= 0.3 is 6.18 Å². The Bertz CT molecular complexity index is 807. The molecule has 0 amide bonds. The van der Waals surface area contributed by atoms with E-state index in [1.54, 1.807) is 6.07 Å². The first-order valence-electron chi connectivity index (χ1n) is 11.0. The van der Waals surface area contributed by atoms with E-state index < -0.39 is 11.7 Å². The Morgan fingerprint density at radius 1 is 0.857 bits per heavy atom. The third-order valence-corrected chi connectivity index (χ3v) is 7.35. The number of unbranched alkanes of at least 4 members (excludes halogenated alkanes) is 1. The maximum atomic E-state index is 12.9. The van der Waals surface area contributed by atoms with Crippen LogP contribution in [0.5, 0.6) is 0 Å². The highest BCUT2D eigenvalue weighted by Gasteiger charge is 2.36. The van der Waals surface area contributed by atoms with Gasteiger partial charge in [-0.3, -0.25) is 0 Å². The number of fused-ring (bicyclic) bond motifs is 2. The van der Waals surface area contributed by atoms with Crippen molar-refractivity contribution in [2.75, 3.05) is 0 Å². The van der Waals surface area contributed by atoms with Crippen LogP contribution in [0.4, 0.5) is 13.2 Å². The highest BCUT2D eigenvalue weighted by atomic mass is 19.4. The molecule has 0 heterocycles. The Hall–Kier alpha value is -1.51. The quantitative estimate of drug-likeness (QED) is 0.493. The fourth-order valence-electron chi connectivity index (χ4n) is 5.74. The molecule has 2 aliphatic carbocycles. The van der Waals surface area contributed by atoms with Crippen molar-refractivity contribution in [2.45, 2.75) is 76.8 Å². The van der Waals surface area contributed by atoms with Crippen molar-refractivity contribution < 1.29 is 13.2 Å². The summed E-state index contributed by atoms with van der Waals surface area (Å²) in [5.41, 5.74) is 0.756. The predicted octanol–water partition coefficient (Wildman–Crippen LogP) is 8.35. The van der Waals surface area contributed by atoms with E-state index in [1.807, 2.05) is 6.07 Å². The molecule has 2 aromatic carbocycles. The van der Waals surface area contributed by atoms with Gasteiger partial charge in [0.1, 0.15) is 0 Å². The van der Waals surface area contributed by atoms with Gasteiger partial charge in [0, 0.05) is 0 Å². The average Bonchev–Trinajstić information content (AvgIpc) is 2.70. The smallest absolute Gasteiger partial charge is 0.166 e. The average molecular weight is 389 g/mol. The number of hydrogen-bond donors (Lipinski definition) is 0. The topological polar surface area (TPSA) is 0 Å². The van der Waals surface area contributed by atoms with Gasteiger partial charge in [-0.15, -0.1) is 0 Å². The Kier molecular flexibility index (Phi) is 5.71. The van der Waals surface area contributed by atoms with E-state index in [9.17, 15) is 13.2 Å². The SMILES string of the molecule is CCCC[C@@H]1CC[C@@H]2CC(c3ccc4cc(C(F)(F)F)ccc4c3)CCC2C1. The lowest BCUT2D eigenvalue weighted by molar-refractivity contribution is -0.137. The van der Waals surface area contributed by atoms with Crippen molar-refractivity contribution in [2.24, 2.45) is 17.8 Å². The Morgan fingerprint density at radius 3 is 2.36 bits per heavy atom. The molecule has 0 aliphatic heterocycles. The van der Waals surface area contributed by atoms with Gasteiger partial charge in [0.25, 0.3) is 0 Å². The Labute approximate surface area is 166 Å². The summed E-state index contributed by atoms with van der Waals surface area (Å²) in [6.07, 6.45) is 7.82. The molecule has 2 fully saturated rings. The third-order valence-electron chi connectivity index (χ3n) is 7.35. The standard InChI is InChI=1S/C25H31F3/c1-2-3-4-17-5-6-19-14-20(8-7-18(19)13-17)21-9-10-23-16-24(25(26,27)28)12-11-22(23)15-21/h9-12,15-20H,2-8,13-14H2,1H3/t17-,18?,19-,20?/m1/s1. The van der Waals surface area contributed by atoms with Crippen molar-refractivity contribution >= 4 is 10.8 Å². The molecule has 2 aliphatic rings. The predicted molar refractivity (Wildman–Crippen MR) is 109 cm³/mol. The van der Waals surface area contributed by atoms with E-state index in [1.165, 1.54) is 75.5 Å². The molecule has 0 nitrogen and oxygen atoms in total. The minimum absolute atomic E-state index is 0.562. The molecule has 2 aromatic rings. The van der Waals surface area contributed by atoms with Crippen LogP contribution in [0.2, 0.25) is 0 Å². The number of halogens is 3. The lowest BCUT2D eigenvalue weighted by Gasteiger charge is -2.42. The van der Waals surface area contributed by atoms with E-state index in [0.29, 0.717) is 11.3 Å². The fraction of sp³-hybridized carbons (Fsp3) is 0.600. The summed E-state index contributed by atoms with van der Waals surface area (Å²) in [6, 6.07) is 10.2. The van der Waals surface area contributed by atoms with Crippen molar-refractivity contribution in [1.29, 1.82) is 0 Å². The fourth-order valence-corrected chi connectivity index (χ4v) is 5.74. The van der Waals surface area contributed by atoms with Crippen LogP contribution < -0.4 is 0 Å². The molecular weight excluding hydrogens is 357 g/mol. The van der Waals surface area contributed by atoms with Crippen LogP contribution in [-0.4, -0.2) is 0 Å². The molecule has 4 atom stereocenters. The molecule has 0 bridgehead atoms. The molecule has 0 aromatic heterocycles. The second-order valence-electron chi connectivity index (χ2n) is 9.17. The van der Waals surface area contributed by atoms with Crippen molar-refractivity contribution in [3.05, 3.63) is 47.5 Å². The lowest BCUT2D eigenvalue weighted by Crippen LogP contribution is -2.30. The summed E-state index contributed by atoms with van der Waals surface area (Å²) < 4.78 is 38.8. The molecule has 0 saturated heterocycles. The van der Waals surface area contributed by atoms with Crippen molar-refractivity contribution in [3.63, 3.8) is 0 Å². The van der Waals surface area contributed by atoms with Crippen LogP contribution in [-0.2, 0) is 6.18 Å². The van der Waals surface area contributed by atoms with Crippen molar-refractivity contribution in [1.82, 2.24) is 0 Å². The summed E-state index contributed by atoms with van der Waals surface area (Å²) in [7, 11) is 0. The molecule has 152 valence electrons. The molecule has 28 heavy (non-hydrogen) atoms. The molecule has 4 rings (SSSR count). The second kappa shape index (κ2) is 8.08. The number of hydrogen-bond acceptors (Lipinski definition) is 0. The summed E-state index contributed by atoms with van der Waals surface area (Å²) in [4.78, 5) is 0. The first-order chi connectivity index (χ1) is 13.4. The van der Waals surface area contributed by atoms with Crippen LogP contribution in [0.25, 0.3) is 10.8 Å². The van der Waals surface area contributed by atoms with E-state index in [4.69, 9.17) is 0 Å². The van der Waals surface area contributed by atoms with E-state index in [-0.39, 0.29) is 0 Å². The van der Waals surface area contributed by atoms with E-state index >= 15 is 0 Å². The molecule has 3 heteroatoms. The normalized spacial score (nSPS) is 28.3. The van der Waals surface area contributed by atoms with Gasteiger partial charge in [-0.25, -0.2) is 0 Å². The number of alkyl halides is 3. The molecule has 2 unspecified atom stereocenters. The van der Waals surface area contributed by atoms with Crippen LogP contribution in [0.1, 0.15) is 81.8 Å². The van der Waals surface area contributed by atoms with Gasteiger partial charge < -0.3 is 0 Å². The summed E-state index contributed by atoms with van der Waals surface area (Å²) in [6.45, 7) is 2.28. The highest BCUT2D eigenvalue weighted by molar-refractivity contribution is 5.84. The number of rotatable bonds is 4. The zero-order valence-electron chi connectivity index (χ0n) is 16.8. The third kappa shape index (κ3) is 4.23. The summed E-state index contributed by atoms with van der Waals surface area (Å²) in [5.74, 6) is 3.27. The van der Waals surface area contributed by atoms with Gasteiger partial charge in [-0.05, 0) is 84.2 Å². The molecule has 2 saturated carbocycles. The lowest BCUT2D eigenvalue weighted by atomic mass is 9.63. The van der Waals surface area contributed by atoms with E-state index in [0.717, 1.165) is 23.1 Å². The van der Waals surface area contributed by atoms with E-state index in [2.05, 4.69) is 19.1 Å². The van der Waals surface area contributed by atoms with Crippen molar-refractivity contribution in [3.8, 4) is 0 Å². The van der Waals surface area contributed by atoms with Crippen LogP contribution >= 0.6 is 0 Å². The zero-order valence-corrected chi connectivity index (χ0v) is 16.8. The maximum Gasteiger partial charge on any atom is 0.416 e. The van der Waals surface area contributed by atoms with Crippen LogP contribution in [0, 0.1) is 17.8 Å². The zero-order chi connectivity index (χ0) is 19.7. The van der Waals surface area contributed by atoms with Crippen LogP contribution in [0.3, 0.4) is 0 Å². The van der Waals surface area contributed by atoms with Gasteiger partial charge in [-0.1, -0.05) is 56.9 Å². The Balaban J connectivity index is 1.45. The molecule has 0 N–H and O–H groups in total. The molecule has 0 spiro atoms. The van der Waals surface area contributed by atoms with Gasteiger partial charge in [0.15, 0.2) is 0 Å². The van der Waals surface area contributed by atoms with Crippen LogP contribution in [0.15, 0.2) is 36.4 Å². The molecule has 0 radical (unpaired) electrons. The Morgan fingerprint density at radius 2 is 1.57 bits per heavy atom. The summed E-state index contributed by atoms with van der Waals surface area (Å²) >= 11 is 0. The minimum atomic E-state index is -4.28. The van der Waals surface area contributed by atoms with Gasteiger partial charge in [-0.2, -0.15) is 13.2 Å². The minimum Gasteiger partial charge on any atom is -0.166 e. The maximum absolute atomic E-state index is 12.9. The first kappa shape index (κ1) is 19.8. The van der Waals surface area contributed by atoms with Gasteiger partial charge in [0.2, 0.25) is 0 Å². The first-order valence-corrected chi connectivity index (χ1v) is 11.0. The molecular formula is C25H31F3.